The van der Waals surface area contributed by atoms with Crippen LogP contribution in [0.1, 0.15) is 15.9 Å². The van der Waals surface area contributed by atoms with Crippen LogP contribution in [0.4, 0.5) is 11.4 Å². The maximum absolute atomic E-state index is 12.9. The molecule has 0 N–H and O–H groups in total. The summed E-state index contributed by atoms with van der Waals surface area (Å²) >= 11 is -2.15. The second-order valence-corrected chi connectivity index (χ2v) is 11.2. The molecule has 32 heavy (non-hydrogen) atoms. The third kappa shape index (κ3) is 4.40. The van der Waals surface area contributed by atoms with E-state index in [1.54, 1.807) is 0 Å². The Morgan fingerprint density at radius 1 is 0.781 bits per heavy atom. The van der Waals surface area contributed by atoms with E-state index in [4.69, 9.17) is 0 Å². The van der Waals surface area contributed by atoms with Crippen LogP contribution in [-0.4, -0.2) is 69.2 Å². The summed E-state index contributed by atoms with van der Waals surface area (Å²) in [5, 5.41) is 0. The molecule has 5 rings (SSSR count). The summed E-state index contributed by atoms with van der Waals surface area (Å²) in [6.45, 7) is 5.97. The van der Waals surface area contributed by atoms with Gasteiger partial charge in [0.1, 0.15) is 0 Å². The van der Waals surface area contributed by atoms with E-state index >= 15 is 0 Å². The average molecular weight is 492 g/mol. The summed E-state index contributed by atoms with van der Waals surface area (Å²) in [6.07, 6.45) is 0. The first kappa shape index (κ1) is 21.1. The Hall–Kier alpha value is -2.79. The van der Waals surface area contributed by atoms with Crippen LogP contribution in [-0.2, 0) is 3.83 Å². The molecule has 1 fully saturated rings. The van der Waals surface area contributed by atoms with Gasteiger partial charge in [-0.25, -0.2) is 0 Å². The summed E-state index contributed by atoms with van der Waals surface area (Å²) < 4.78 is 13.7. The van der Waals surface area contributed by atoms with E-state index < -0.39 is 13.8 Å². The normalized spacial score (nSPS) is 18.6. The van der Waals surface area contributed by atoms with E-state index in [9.17, 15) is 8.63 Å². The number of nitrogens with zero attached hydrogens (tertiary/aromatic N) is 3. The van der Waals surface area contributed by atoms with E-state index in [-0.39, 0.29) is 5.78 Å². The van der Waals surface area contributed by atoms with Gasteiger partial charge in [-0.3, -0.25) is 0 Å². The van der Waals surface area contributed by atoms with E-state index in [1.165, 1.54) is 5.69 Å². The Morgan fingerprint density at radius 3 is 2.19 bits per heavy atom. The molecule has 2 aliphatic rings. The molecule has 0 spiro atoms. The molecule has 0 bridgehead atoms. The molecule has 1 unspecified atom stereocenters. The number of anilines is 2. The van der Waals surface area contributed by atoms with E-state index in [1.807, 2.05) is 48.5 Å². The van der Waals surface area contributed by atoms with Gasteiger partial charge in [-0.1, -0.05) is 0 Å². The SMILES string of the molecule is O=C(c1ccccc1)c1ccc2c(c1)[Se](=O)CN2CCN1CCN(c2ccccc2)CC1. The molecule has 3 aromatic rings. The van der Waals surface area contributed by atoms with Gasteiger partial charge in [0.05, 0.1) is 0 Å². The molecule has 0 radical (unpaired) electrons. The number of para-hydroxylation sites is 1. The van der Waals surface area contributed by atoms with Crippen molar-refractivity contribution in [2.75, 3.05) is 54.5 Å². The molecular formula is C26H27N3O2Se. The Morgan fingerprint density at radius 2 is 1.47 bits per heavy atom. The van der Waals surface area contributed by atoms with Gasteiger partial charge in [0, 0.05) is 0 Å². The topological polar surface area (TPSA) is 43.9 Å². The number of hydrogen-bond acceptors (Lipinski definition) is 5. The number of carbonyl (C=O) groups is 1. The number of piperazine rings is 1. The first-order valence-corrected chi connectivity index (χ1v) is 13.9. The number of ketones is 1. The molecule has 0 amide bonds. The third-order valence-corrected chi connectivity index (χ3v) is 9.16. The molecule has 5 nitrogen and oxygen atoms in total. The van der Waals surface area contributed by atoms with Crippen LogP contribution in [0.15, 0.2) is 78.9 Å². The van der Waals surface area contributed by atoms with Crippen molar-refractivity contribution in [2.24, 2.45) is 0 Å². The van der Waals surface area contributed by atoms with Crippen molar-refractivity contribution in [1.82, 2.24) is 4.90 Å². The molecule has 0 aromatic heterocycles. The molecule has 1 saturated heterocycles. The van der Waals surface area contributed by atoms with Crippen LogP contribution in [0, 0.1) is 0 Å². The molecule has 2 heterocycles. The van der Waals surface area contributed by atoms with Crippen LogP contribution in [0.5, 0.6) is 0 Å². The zero-order chi connectivity index (χ0) is 21.9. The Balaban J connectivity index is 1.20. The zero-order valence-electron chi connectivity index (χ0n) is 18.0. The fourth-order valence-corrected chi connectivity index (χ4v) is 7.35. The van der Waals surface area contributed by atoms with Gasteiger partial charge < -0.3 is 0 Å². The number of benzene rings is 3. The van der Waals surface area contributed by atoms with Gasteiger partial charge in [-0.2, -0.15) is 0 Å². The molecule has 1 atom stereocenters. The minimum atomic E-state index is -2.15. The predicted octanol–water partition coefficient (Wildman–Crippen LogP) is 2.73. The fraction of sp³-hybridized carbons (Fsp3) is 0.269. The van der Waals surface area contributed by atoms with Crippen molar-refractivity contribution in [2.45, 2.75) is 0 Å². The van der Waals surface area contributed by atoms with Gasteiger partial charge in [0.2, 0.25) is 0 Å². The number of carbonyl (C=O) groups excluding carboxylic acids is 1. The third-order valence-electron chi connectivity index (χ3n) is 6.30. The van der Waals surface area contributed by atoms with Gasteiger partial charge >= 0.3 is 193 Å². The Bertz CT molecular complexity index is 1110. The second-order valence-electron chi connectivity index (χ2n) is 8.28. The summed E-state index contributed by atoms with van der Waals surface area (Å²) in [5.74, 6) is -0.0121. The summed E-state index contributed by atoms with van der Waals surface area (Å²) in [4.78, 5) is 20.0. The molecule has 164 valence electrons. The quantitative estimate of drug-likeness (QED) is 0.391. The first-order valence-electron chi connectivity index (χ1n) is 11.1. The summed E-state index contributed by atoms with van der Waals surface area (Å²) in [7, 11) is 0. The van der Waals surface area contributed by atoms with Crippen molar-refractivity contribution in [3.8, 4) is 0 Å². The number of rotatable bonds is 6. The Kier molecular flexibility index (Phi) is 6.17. The van der Waals surface area contributed by atoms with Crippen molar-refractivity contribution in [3.63, 3.8) is 0 Å². The number of fused-ring (bicyclic) bond motifs is 1. The summed E-state index contributed by atoms with van der Waals surface area (Å²) in [6, 6.07) is 25.6. The minimum absolute atomic E-state index is 0.0121. The summed E-state index contributed by atoms with van der Waals surface area (Å²) in [5.41, 5.74) is 4.22. The standard InChI is InChI=1S/C26H27N3O2Se/c30-26(21-7-3-1-4-8-21)22-11-12-24-25(19-22)32(31)20-29(24)18-15-27-13-16-28(17-14-27)23-9-5-2-6-10-23/h1-12,19H,13-18,20H2. The molecule has 0 aliphatic carbocycles. The fourth-order valence-electron chi connectivity index (χ4n) is 4.45. The van der Waals surface area contributed by atoms with E-state index in [0.717, 1.165) is 49.4 Å². The predicted molar refractivity (Wildman–Crippen MR) is 130 cm³/mol. The first-order chi connectivity index (χ1) is 15.7. The van der Waals surface area contributed by atoms with Gasteiger partial charge in [-0.15, -0.1) is 0 Å². The van der Waals surface area contributed by atoms with Crippen LogP contribution in [0.2, 0.25) is 0 Å². The van der Waals surface area contributed by atoms with E-state index in [2.05, 4.69) is 45.0 Å². The van der Waals surface area contributed by atoms with Crippen LogP contribution in [0.25, 0.3) is 0 Å². The molecule has 0 saturated carbocycles. The molecule has 3 aromatic carbocycles. The van der Waals surface area contributed by atoms with Gasteiger partial charge in [-0.05, 0) is 0 Å². The van der Waals surface area contributed by atoms with Gasteiger partial charge in [0.15, 0.2) is 0 Å². The maximum atomic E-state index is 12.9. The van der Waals surface area contributed by atoms with Crippen molar-refractivity contribution >= 4 is 35.5 Å². The van der Waals surface area contributed by atoms with Crippen molar-refractivity contribution < 1.29 is 8.63 Å². The zero-order valence-corrected chi connectivity index (χ0v) is 19.7. The molecular weight excluding hydrogens is 465 g/mol. The molecule has 2 aliphatic heterocycles. The van der Waals surface area contributed by atoms with Gasteiger partial charge in [0.25, 0.3) is 0 Å². The van der Waals surface area contributed by atoms with Crippen LogP contribution in [0.3, 0.4) is 0 Å². The second kappa shape index (κ2) is 9.37. The van der Waals surface area contributed by atoms with Crippen molar-refractivity contribution in [1.29, 1.82) is 0 Å². The van der Waals surface area contributed by atoms with Crippen molar-refractivity contribution in [3.05, 3.63) is 90.0 Å². The monoisotopic (exact) mass is 493 g/mol. The average Bonchev–Trinajstić information content (AvgIpc) is 3.18. The molecule has 6 heteroatoms. The number of hydrogen-bond donors (Lipinski definition) is 0. The van der Waals surface area contributed by atoms with Crippen LogP contribution < -0.4 is 14.3 Å². The van der Waals surface area contributed by atoms with Crippen LogP contribution >= 0.6 is 0 Å². The Labute approximate surface area is 193 Å². The van der Waals surface area contributed by atoms with E-state index in [0.29, 0.717) is 16.6 Å².